The van der Waals surface area contributed by atoms with Crippen LogP contribution in [-0.4, -0.2) is 29.9 Å². The van der Waals surface area contributed by atoms with E-state index in [1.165, 1.54) is 0 Å². The van der Waals surface area contributed by atoms with E-state index in [4.69, 9.17) is 14.2 Å². The lowest BCUT2D eigenvalue weighted by Crippen LogP contribution is -2.47. The predicted molar refractivity (Wildman–Crippen MR) is 32.8 cm³/mol. The summed E-state index contributed by atoms with van der Waals surface area (Å²) in [5, 5.41) is 0. The third kappa shape index (κ3) is 0.582. The standard InChI is InChI=1S/C7H6O5/c8-4-6(1-2-6)11-5(9)7(12-4)3-10-7/h1-3H2. The lowest BCUT2D eigenvalue weighted by molar-refractivity contribution is -0.212. The van der Waals surface area contributed by atoms with Crippen LogP contribution in [0.15, 0.2) is 0 Å². The van der Waals surface area contributed by atoms with Gasteiger partial charge < -0.3 is 14.2 Å². The zero-order chi connectivity index (χ0) is 8.40. The van der Waals surface area contributed by atoms with Crippen molar-refractivity contribution in [3.05, 3.63) is 0 Å². The second-order valence-corrected chi connectivity index (χ2v) is 3.31. The van der Waals surface area contributed by atoms with E-state index in [0.717, 1.165) is 0 Å². The summed E-state index contributed by atoms with van der Waals surface area (Å²) in [6.45, 7) is 0.133. The van der Waals surface area contributed by atoms with Gasteiger partial charge in [-0.25, -0.2) is 9.59 Å². The Kier molecular flexibility index (Phi) is 0.800. The zero-order valence-electron chi connectivity index (χ0n) is 6.16. The Labute approximate surface area is 67.6 Å². The third-order valence-electron chi connectivity index (χ3n) is 2.34. The normalized spacial score (nSPS) is 41.0. The van der Waals surface area contributed by atoms with Crippen molar-refractivity contribution in [2.75, 3.05) is 6.61 Å². The maximum absolute atomic E-state index is 11.2. The molecule has 3 rings (SSSR count). The van der Waals surface area contributed by atoms with Gasteiger partial charge in [-0.2, -0.15) is 0 Å². The molecular weight excluding hydrogens is 164 g/mol. The van der Waals surface area contributed by atoms with Crippen LogP contribution in [0, 0.1) is 0 Å². The fourth-order valence-corrected chi connectivity index (χ4v) is 1.24. The molecule has 64 valence electrons. The van der Waals surface area contributed by atoms with E-state index in [1.54, 1.807) is 0 Å². The van der Waals surface area contributed by atoms with Crippen molar-refractivity contribution in [3.8, 4) is 0 Å². The number of epoxide rings is 1. The Balaban J connectivity index is 1.92. The van der Waals surface area contributed by atoms with Crippen molar-refractivity contribution < 1.29 is 23.8 Å². The van der Waals surface area contributed by atoms with E-state index in [1.807, 2.05) is 0 Å². The molecule has 0 radical (unpaired) electrons. The highest BCUT2D eigenvalue weighted by molar-refractivity contribution is 5.95. The topological polar surface area (TPSA) is 65.1 Å². The van der Waals surface area contributed by atoms with Gasteiger partial charge in [-0.1, -0.05) is 0 Å². The van der Waals surface area contributed by atoms with Gasteiger partial charge in [0.1, 0.15) is 6.61 Å². The highest BCUT2D eigenvalue weighted by Gasteiger charge is 2.70. The summed E-state index contributed by atoms with van der Waals surface area (Å²) in [6.07, 6.45) is 1.15. The number of hydrogen-bond acceptors (Lipinski definition) is 5. The van der Waals surface area contributed by atoms with E-state index in [-0.39, 0.29) is 6.61 Å². The Hall–Kier alpha value is -1.10. The average Bonchev–Trinajstić information content (AvgIpc) is 2.82. The van der Waals surface area contributed by atoms with Crippen molar-refractivity contribution in [2.45, 2.75) is 24.2 Å². The van der Waals surface area contributed by atoms with Gasteiger partial charge in [-0.05, 0) is 0 Å². The molecule has 0 aromatic rings. The minimum absolute atomic E-state index is 0.133. The summed E-state index contributed by atoms with van der Waals surface area (Å²) in [6, 6.07) is 0. The summed E-state index contributed by atoms with van der Waals surface area (Å²) < 4.78 is 14.5. The molecule has 0 bridgehead atoms. The van der Waals surface area contributed by atoms with Crippen LogP contribution in [0.5, 0.6) is 0 Å². The van der Waals surface area contributed by atoms with Gasteiger partial charge in [0.05, 0.1) is 0 Å². The average molecular weight is 170 g/mol. The summed E-state index contributed by atoms with van der Waals surface area (Å²) in [7, 11) is 0. The van der Waals surface area contributed by atoms with Crippen LogP contribution in [0.1, 0.15) is 12.8 Å². The molecule has 1 atom stereocenters. The Morgan fingerprint density at radius 3 is 2.25 bits per heavy atom. The number of esters is 2. The number of carbonyl (C=O) groups is 2. The van der Waals surface area contributed by atoms with Crippen molar-refractivity contribution in [1.29, 1.82) is 0 Å². The first kappa shape index (κ1) is 6.42. The Bertz CT molecular complexity index is 256. The molecule has 2 saturated heterocycles. The number of ether oxygens (including phenoxy) is 3. The highest BCUT2D eigenvalue weighted by atomic mass is 16.8. The molecule has 0 amide bonds. The maximum Gasteiger partial charge on any atom is 0.383 e. The van der Waals surface area contributed by atoms with Crippen LogP contribution in [0.25, 0.3) is 0 Å². The van der Waals surface area contributed by atoms with Crippen LogP contribution < -0.4 is 0 Å². The first-order valence-electron chi connectivity index (χ1n) is 3.78. The van der Waals surface area contributed by atoms with E-state index < -0.39 is 23.3 Å². The molecule has 2 heterocycles. The molecule has 1 aliphatic carbocycles. The van der Waals surface area contributed by atoms with E-state index in [2.05, 4.69) is 0 Å². The largest absolute Gasteiger partial charge is 0.442 e. The molecule has 1 saturated carbocycles. The predicted octanol–water partition coefficient (Wildman–Crippen LogP) is -0.655. The lowest BCUT2D eigenvalue weighted by atomic mass is 10.2. The number of rotatable bonds is 0. The summed E-state index contributed by atoms with van der Waals surface area (Å²) >= 11 is 0. The molecular formula is C7H6O5. The number of carbonyl (C=O) groups excluding carboxylic acids is 2. The van der Waals surface area contributed by atoms with Gasteiger partial charge >= 0.3 is 17.7 Å². The van der Waals surface area contributed by atoms with Gasteiger partial charge in [-0.15, -0.1) is 0 Å². The third-order valence-corrected chi connectivity index (χ3v) is 2.34. The van der Waals surface area contributed by atoms with E-state index in [9.17, 15) is 9.59 Å². The van der Waals surface area contributed by atoms with Crippen LogP contribution in [0.4, 0.5) is 0 Å². The van der Waals surface area contributed by atoms with Gasteiger partial charge in [0.2, 0.25) is 5.60 Å². The molecule has 2 spiro atoms. The molecule has 0 N–H and O–H groups in total. The molecule has 3 fully saturated rings. The summed E-state index contributed by atoms with van der Waals surface area (Å²) in [5.74, 6) is -2.37. The van der Waals surface area contributed by atoms with Crippen LogP contribution in [-0.2, 0) is 23.8 Å². The minimum Gasteiger partial charge on any atom is -0.442 e. The highest BCUT2D eigenvalue weighted by Crippen LogP contribution is 2.48. The van der Waals surface area contributed by atoms with Crippen LogP contribution in [0.2, 0.25) is 0 Å². The molecule has 0 aromatic carbocycles. The summed E-state index contributed by atoms with van der Waals surface area (Å²) in [4.78, 5) is 22.4. The van der Waals surface area contributed by atoms with Gasteiger partial charge in [-0.3, -0.25) is 0 Å². The fraction of sp³-hybridized carbons (Fsp3) is 0.714. The summed E-state index contributed by atoms with van der Waals surface area (Å²) in [5.41, 5.74) is -0.936. The second-order valence-electron chi connectivity index (χ2n) is 3.31. The molecule has 2 aliphatic heterocycles. The second kappa shape index (κ2) is 1.50. The Morgan fingerprint density at radius 2 is 1.75 bits per heavy atom. The molecule has 12 heavy (non-hydrogen) atoms. The van der Waals surface area contributed by atoms with Crippen LogP contribution in [0.3, 0.4) is 0 Å². The first-order chi connectivity index (χ1) is 5.67. The van der Waals surface area contributed by atoms with Crippen molar-refractivity contribution in [3.63, 3.8) is 0 Å². The van der Waals surface area contributed by atoms with Crippen molar-refractivity contribution in [2.24, 2.45) is 0 Å². The number of hydrogen-bond donors (Lipinski definition) is 0. The zero-order valence-corrected chi connectivity index (χ0v) is 6.16. The Morgan fingerprint density at radius 1 is 1.08 bits per heavy atom. The molecule has 5 heteroatoms. The van der Waals surface area contributed by atoms with Gasteiger partial charge in [0.25, 0.3) is 0 Å². The van der Waals surface area contributed by atoms with Crippen molar-refractivity contribution >= 4 is 11.9 Å². The molecule has 3 aliphatic rings. The fourth-order valence-electron chi connectivity index (χ4n) is 1.24. The van der Waals surface area contributed by atoms with Crippen LogP contribution >= 0.6 is 0 Å². The lowest BCUT2D eigenvalue weighted by Gasteiger charge is -2.24. The quantitative estimate of drug-likeness (QED) is 0.357. The van der Waals surface area contributed by atoms with Crippen molar-refractivity contribution in [1.82, 2.24) is 0 Å². The monoisotopic (exact) mass is 170 g/mol. The minimum atomic E-state index is -1.36. The van der Waals surface area contributed by atoms with Gasteiger partial charge in [0.15, 0.2) is 0 Å². The van der Waals surface area contributed by atoms with Gasteiger partial charge in [0, 0.05) is 12.8 Å². The van der Waals surface area contributed by atoms with E-state index in [0.29, 0.717) is 12.8 Å². The maximum atomic E-state index is 11.2. The molecule has 0 aromatic heterocycles. The smallest absolute Gasteiger partial charge is 0.383 e. The molecule has 1 unspecified atom stereocenters. The van der Waals surface area contributed by atoms with E-state index >= 15 is 0 Å². The first-order valence-corrected chi connectivity index (χ1v) is 3.78. The molecule has 5 nitrogen and oxygen atoms in total. The SMILES string of the molecule is O=C1OC2(CO2)C(=O)OC12CC2.